The van der Waals surface area contributed by atoms with Gasteiger partial charge in [0, 0.05) is 6.42 Å². The number of carbonyl (C=O) groups is 4. The minimum Gasteiger partial charge on any atom is -0.494 e. The number of benzene rings is 1. The molecule has 1 atom stereocenters. The van der Waals surface area contributed by atoms with E-state index in [0.717, 1.165) is 37.1 Å². The number of amides is 4. The van der Waals surface area contributed by atoms with Crippen molar-refractivity contribution in [1.82, 2.24) is 15.5 Å². The van der Waals surface area contributed by atoms with E-state index in [4.69, 9.17) is 4.74 Å². The second kappa shape index (κ2) is 10.4. The maximum atomic E-state index is 12.7. The van der Waals surface area contributed by atoms with Crippen LogP contribution >= 0.6 is 12.4 Å². The Kier molecular flexibility index (Phi) is 8.16. The molecular weight excluding hydrogens is 398 g/mol. The molecule has 1 unspecified atom stereocenters. The standard InChI is InChI=1S/C20H25N3O5.ClH/c1-21-10-4-2-3-5-11-28-13-6-7-14-15(12-13)20(27)23(19(14)26)16-8-9-17(24)22-18(16)25;/h6-7,12,16,21H,2-5,8-11H2,1H3,(H,22,24,25);1H. The fourth-order valence-corrected chi connectivity index (χ4v) is 3.49. The van der Waals surface area contributed by atoms with E-state index in [-0.39, 0.29) is 42.3 Å². The van der Waals surface area contributed by atoms with E-state index in [1.54, 1.807) is 18.2 Å². The van der Waals surface area contributed by atoms with Gasteiger partial charge in [-0.1, -0.05) is 12.8 Å². The molecular formula is C20H26ClN3O5. The monoisotopic (exact) mass is 423 g/mol. The van der Waals surface area contributed by atoms with Crippen molar-refractivity contribution >= 4 is 36.0 Å². The number of hydrogen-bond acceptors (Lipinski definition) is 6. The highest BCUT2D eigenvalue weighted by atomic mass is 35.5. The molecule has 9 heteroatoms. The van der Waals surface area contributed by atoms with Crippen LogP contribution in [0, 0.1) is 0 Å². The Morgan fingerprint density at radius 2 is 1.79 bits per heavy atom. The van der Waals surface area contributed by atoms with Crippen molar-refractivity contribution in [2.75, 3.05) is 20.2 Å². The minimum absolute atomic E-state index is 0. The first-order chi connectivity index (χ1) is 13.5. The highest BCUT2D eigenvalue weighted by Gasteiger charge is 2.44. The van der Waals surface area contributed by atoms with Gasteiger partial charge in [-0.2, -0.15) is 0 Å². The molecule has 1 aromatic rings. The number of imide groups is 2. The van der Waals surface area contributed by atoms with E-state index in [2.05, 4.69) is 10.6 Å². The van der Waals surface area contributed by atoms with E-state index in [9.17, 15) is 19.2 Å². The topological polar surface area (TPSA) is 105 Å². The molecule has 4 amide bonds. The number of piperidine rings is 1. The number of carbonyl (C=O) groups excluding carboxylic acids is 4. The van der Waals surface area contributed by atoms with Gasteiger partial charge in [-0.05, 0) is 51.1 Å². The Hall–Kier alpha value is -2.45. The number of rotatable bonds is 9. The lowest BCUT2D eigenvalue weighted by atomic mass is 10.0. The summed E-state index contributed by atoms with van der Waals surface area (Å²) in [7, 11) is 1.93. The lowest BCUT2D eigenvalue weighted by Crippen LogP contribution is -2.54. The van der Waals surface area contributed by atoms with Gasteiger partial charge in [-0.15, -0.1) is 12.4 Å². The number of ether oxygens (including phenoxy) is 1. The molecule has 0 aromatic heterocycles. The van der Waals surface area contributed by atoms with Crippen molar-refractivity contribution in [1.29, 1.82) is 0 Å². The molecule has 3 rings (SSSR count). The zero-order chi connectivity index (χ0) is 20.1. The normalized spacial score (nSPS) is 18.4. The van der Waals surface area contributed by atoms with E-state index in [1.807, 2.05) is 7.05 Å². The Bertz CT molecular complexity index is 798. The van der Waals surface area contributed by atoms with Crippen molar-refractivity contribution in [3.05, 3.63) is 29.3 Å². The van der Waals surface area contributed by atoms with E-state index in [1.165, 1.54) is 0 Å². The first-order valence-electron chi connectivity index (χ1n) is 9.66. The number of nitrogens with zero attached hydrogens (tertiary/aromatic N) is 1. The molecule has 0 saturated carbocycles. The third kappa shape index (κ3) is 5.13. The fourth-order valence-electron chi connectivity index (χ4n) is 3.49. The summed E-state index contributed by atoms with van der Waals surface area (Å²) in [6.45, 7) is 1.54. The third-order valence-electron chi connectivity index (χ3n) is 5.00. The van der Waals surface area contributed by atoms with Gasteiger partial charge in [0.1, 0.15) is 11.8 Å². The summed E-state index contributed by atoms with van der Waals surface area (Å²) < 4.78 is 5.72. The molecule has 29 heavy (non-hydrogen) atoms. The van der Waals surface area contributed by atoms with Gasteiger partial charge in [0.15, 0.2) is 0 Å². The minimum atomic E-state index is -0.952. The SMILES string of the molecule is CNCCCCCCOc1ccc2c(c1)C(=O)N(C1CCC(=O)NC1=O)C2=O.Cl. The average molecular weight is 424 g/mol. The van der Waals surface area contributed by atoms with Crippen LogP contribution < -0.4 is 15.4 Å². The van der Waals surface area contributed by atoms with Crippen LogP contribution in [0.4, 0.5) is 0 Å². The molecule has 8 nitrogen and oxygen atoms in total. The van der Waals surface area contributed by atoms with Gasteiger partial charge < -0.3 is 10.1 Å². The first-order valence-corrected chi connectivity index (χ1v) is 9.66. The number of hydrogen-bond donors (Lipinski definition) is 2. The lowest BCUT2D eigenvalue weighted by molar-refractivity contribution is -0.136. The predicted molar refractivity (Wildman–Crippen MR) is 108 cm³/mol. The summed E-state index contributed by atoms with van der Waals surface area (Å²) in [5.41, 5.74) is 0.496. The van der Waals surface area contributed by atoms with Crippen LogP contribution in [-0.2, 0) is 9.59 Å². The van der Waals surface area contributed by atoms with E-state index < -0.39 is 23.8 Å². The van der Waals surface area contributed by atoms with Gasteiger partial charge in [-0.3, -0.25) is 29.4 Å². The summed E-state index contributed by atoms with van der Waals surface area (Å²) in [5.74, 6) is -1.50. The first kappa shape index (κ1) is 22.8. The molecule has 0 spiro atoms. The summed E-state index contributed by atoms with van der Waals surface area (Å²) in [6.07, 6.45) is 4.48. The summed E-state index contributed by atoms with van der Waals surface area (Å²) in [5, 5.41) is 5.30. The second-order valence-corrected chi connectivity index (χ2v) is 7.02. The molecule has 2 aliphatic rings. The zero-order valence-corrected chi connectivity index (χ0v) is 17.2. The lowest BCUT2D eigenvalue weighted by Gasteiger charge is -2.27. The number of fused-ring (bicyclic) bond motifs is 1. The largest absolute Gasteiger partial charge is 0.494 e. The van der Waals surface area contributed by atoms with Crippen molar-refractivity contribution in [2.45, 2.75) is 44.6 Å². The smallest absolute Gasteiger partial charge is 0.262 e. The molecule has 0 radical (unpaired) electrons. The third-order valence-corrected chi connectivity index (χ3v) is 5.00. The van der Waals surface area contributed by atoms with Gasteiger partial charge in [0.25, 0.3) is 11.8 Å². The quantitative estimate of drug-likeness (QED) is 0.462. The van der Waals surface area contributed by atoms with Crippen molar-refractivity contribution in [3.63, 3.8) is 0 Å². The van der Waals surface area contributed by atoms with Gasteiger partial charge in [0.05, 0.1) is 17.7 Å². The fraction of sp³-hybridized carbons (Fsp3) is 0.500. The summed E-state index contributed by atoms with van der Waals surface area (Å²) in [6, 6.07) is 3.83. The molecule has 2 heterocycles. The van der Waals surface area contributed by atoms with Crippen LogP contribution in [0.25, 0.3) is 0 Å². The average Bonchev–Trinajstić information content (AvgIpc) is 2.92. The van der Waals surface area contributed by atoms with Crippen molar-refractivity contribution in [2.24, 2.45) is 0 Å². The highest BCUT2D eigenvalue weighted by molar-refractivity contribution is 6.23. The maximum absolute atomic E-state index is 12.7. The Labute approximate surface area is 175 Å². The highest BCUT2D eigenvalue weighted by Crippen LogP contribution is 2.30. The second-order valence-electron chi connectivity index (χ2n) is 7.02. The molecule has 1 saturated heterocycles. The van der Waals surface area contributed by atoms with Crippen LogP contribution in [0.15, 0.2) is 18.2 Å². The number of halogens is 1. The van der Waals surface area contributed by atoms with Crippen LogP contribution in [0.1, 0.15) is 59.2 Å². The van der Waals surface area contributed by atoms with E-state index in [0.29, 0.717) is 12.4 Å². The summed E-state index contributed by atoms with van der Waals surface area (Å²) in [4.78, 5) is 49.7. The van der Waals surface area contributed by atoms with Gasteiger partial charge in [-0.25, -0.2) is 0 Å². The molecule has 2 N–H and O–H groups in total. The number of nitrogens with one attached hydrogen (secondary N) is 2. The molecule has 158 valence electrons. The zero-order valence-electron chi connectivity index (χ0n) is 16.4. The Balaban J connectivity index is 0.00000300. The Morgan fingerprint density at radius 3 is 2.52 bits per heavy atom. The predicted octanol–water partition coefficient (Wildman–Crippen LogP) is 1.67. The van der Waals surface area contributed by atoms with E-state index >= 15 is 0 Å². The van der Waals surface area contributed by atoms with Crippen LogP contribution in [0.3, 0.4) is 0 Å². The van der Waals surface area contributed by atoms with Crippen molar-refractivity contribution in [3.8, 4) is 5.75 Å². The molecule has 1 fully saturated rings. The van der Waals surface area contributed by atoms with Crippen LogP contribution in [0.5, 0.6) is 5.75 Å². The molecule has 2 aliphatic heterocycles. The van der Waals surface area contributed by atoms with Gasteiger partial charge >= 0.3 is 0 Å². The van der Waals surface area contributed by atoms with Crippen LogP contribution in [-0.4, -0.2) is 54.8 Å². The number of unbranched alkanes of at least 4 members (excludes halogenated alkanes) is 3. The Morgan fingerprint density at radius 1 is 1.07 bits per heavy atom. The van der Waals surface area contributed by atoms with Crippen molar-refractivity contribution < 1.29 is 23.9 Å². The van der Waals surface area contributed by atoms with Crippen LogP contribution in [0.2, 0.25) is 0 Å². The molecule has 0 aliphatic carbocycles. The summed E-state index contributed by atoms with van der Waals surface area (Å²) >= 11 is 0. The maximum Gasteiger partial charge on any atom is 0.262 e. The molecule has 1 aromatic carbocycles. The van der Waals surface area contributed by atoms with Gasteiger partial charge in [0.2, 0.25) is 11.8 Å². The molecule has 0 bridgehead atoms.